The summed E-state index contributed by atoms with van der Waals surface area (Å²) in [6.07, 6.45) is 2.83. The number of nitrogens with one attached hydrogen (secondary N) is 2. The summed E-state index contributed by atoms with van der Waals surface area (Å²) in [6, 6.07) is 7.66. The van der Waals surface area contributed by atoms with Gasteiger partial charge in [-0.25, -0.2) is 0 Å². The second-order valence-corrected chi connectivity index (χ2v) is 4.78. The predicted octanol–water partition coefficient (Wildman–Crippen LogP) is 2.06. The van der Waals surface area contributed by atoms with Gasteiger partial charge in [-0.05, 0) is 18.9 Å². The largest absolute Gasteiger partial charge is 0.468 e. The number of hydrogen-bond acceptors (Lipinski definition) is 3. The van der Waals surface area contributed by atoms with E-state index in [0.717, 1.165) is 10.9 Å². The summed E-state index contributed by atoms with van der Waals surface area (Å²) in [5.74, 6) is -0.742. The molecule has 5 nitrogen and oxygen atoms in total. The molecule has 3 rings (SSSR count). The summed E-state index contributed by atoms with van der Waals surface area (Å²) in [6.45, 7) is 0. The van der Waals surface area contributed by atoms with Gasteiger partial charge in [0.1, 0.15) is 5.41 Å². The molecule has 1 aliphatic rings. The van der Waals surface area contributed by atoms with E-state index in [1.165, 1.54) is 7.11 Å². The first kappa shape index (κ1) is 11.8. The van der Waals surface area contributed by atoms with E-state index >= 15 is 0 Å². The molecule has 98 valence electrons. The Morgan fingerprint density at radius 2 is 2.05 bits per heavy atom. The molecule has 0 atom stereocenters. The minimum atomic E-state index is -0.979. The van der Waals surface area contributed by atoms with Crippen molar-refractivity contribution in [2.45, 2.75) is 12.8 Å². The number of amides is 1. The SMILES string of the molecule is COC(=O)C1(C(=O)Nc2c[nH]c3ccccc23)CC1. The number of ether oxygens (including phenoxy) is 1. The van der Waals surface area contributed by atoms with Gasteiger partial charge in [-0.2, -0.15) is 0 Å². The quantitative estimate of drug-likeness (QED) is 0.654. The second kappa shape index (κ2) is 4.12. The van der Waals surface area contributed by atoms with Crippen LogP contribution in [0.15, 0.2) is 30.5 Å². The Hall–Kier alpha value is -2.30. The van der Waals surface area contributed by atoms with Crippen LogP contribution in [0.2, 0.25) is 0 Å². The summed E-state index contributed by atoms with van der Waals surface area (Å²) in [7, 11) is 1.31. The average Bonchev–Trinajstić information content (AvgIpc) is 3.16. The van der Waals surface area contributed by atoms with Crippen molar-refractivity contribution < 1.29 is 14.3 Å². The van der Waals surface area contributed by atoms with Crippen LogP contribution in [0.5, 0.6) is 0 Å². The highest BCUT2D eigenvalue weighted by molar-refractivity contribution is 6.13. The van der Waals surface area contributed by atoms with Crippen molar-refractivity contribution in [2.24, 2.45) is 5.41 Å². The van der Waals surface area contributed by atoms with E-state index in [1.807, 2.05) is 24.3 Å². The van der Waals surface area contributed by atoms with E-state index in [-0.39, 0.29) is 5.91 Å². The maximum absolute atomic E-state index is 12.2. The lowest BCUT2D eigenvalue weighted by atomic mass is 10.1. The van der Waals surface area contributed by atoms with E-state index in [9.17, 15) is 9.59 Å². The van der Waals surface area contributed by atoms with Gasteiger partial charge in [-0.15, -0.1) is 0 Å². The zero-order valence-electron chi connectivity index (χ0n) is 10.5. The number of carbonyl (C=O) groups is 2. The third-order valence-electron chi connectivity index (χ3n) is 3.60. The zero-order chi connectivity index (χ0) is 13.5. The third kappa shape index (κ3) is 1.78. The molecule has 0 aliphatic heterocycles. The molecule has 1 aromatic heterocycles. The minimum Gasteiger partial charge on any atom is -0.468 e. The highest BCUT2D eigenvalue weighted by atomic mass is 16.5. The smallest absolute Gasteiger partial charge is 0.321 e. The molecular weight excluding hydrogens is 244 g/mol. The van der Waals surface area contributed by atoms with Crippen molar-refractivity contribution in [2.75, 3.05) is 12.4 Å². The average molecular weight is 258 g/mol. The van der Waals surface area contributed by atoms with Crippen LogP contribution >= 0.6 is 0 Å². The molecule has 0 saturated heterocycles. The second-order valence-electron chi connectivity index (χ2n) is 4.78. The number of benzene rings is 1. The first-order valence-electron chi connectivity index (χ1n) is 6.13. The van der Waals surface area contributed by atoms with Crippen LogP contribution in [0.4, 0.5) is 5.69 Å². The number of carbonyl (C=O) groups excluding carboxylic acids is 2. The van der Waals surface area contributed by atoms with Gasteiger partial charge in [0.2, 0.25) is 5.91 Å². The van der Waals surface area contributed by atoms with Crippen LogP contribution in [0.3, 0.4) is 0 Å². The van der Waals surface area contributed by atoms with E-state index in [1.54, 1.807) is 6.20 Å². The number of fused-ring (bicyclic) bond motifs is 1. The Kier molecular flexibility index (Phi) is 2.55. The van der Waals surface area contributed by atoms with Gasteiger partial charge in [-0.1, -0.05) is 18.2 Å². The number of methoxy groups -OCH3 is 1. The molecule has 1 saturated carbocycles. The molecule has 0 bridgehead atoms. The number of aromatic amines is 1. The van der Waals surface area contributed by atoms with Crippen molar-refractivity contribution >= 4 is 28.5 Å². The molecule has 1 fully saturated rings. The van der Waals surface area contributed by atoms with Gasteiger partial charge in [0.05, 0.1) is 12.8 Å². The van der Waals surface area contributed by atoms with Crippen molar-refractivity contribution in [3.8, 4) is 0 Å². The maximum atomic E-state index is 12.2. The van der Waals surface area contributed by atoms with Gasteiger partial charge in [0.25, 0.3) is 0 Å². The Labute approximate surface area is 109 Å². The lowest BCUT2D eigenvalue weighted by molar-refractivity contribution is -0.150. The number of anilines is 1. The van der Waals surface area contributed by atoms with Crippen LogP contribution in [0.1, 0.15) is 12.8 Å². The topological polar surface area (TPSA) is 71.2 Å². The Morgan fingerprint density at radius 1 is 1.32 bits per heavy atom. The molecule has 19 heavy (non-hydrogen) atoms. The van der Waals surface area contributed by atoms with Crippen LogP contribution in [-0.4, -0.2) is 24.0 Å². The van der Waals surface area contributed by atoms with E-state index in [2.05, 4.69) is 10.3 Å². The summed E-state index contributed by atoms with van der Waals surface area (Å²) >= 11 is 0. The molecule has 0 spiro atoms. The van der Waals surface area contributed by atoms with E-state index < -0.39 is 11.4 Å². The van der Waals surface area contributed by atoms with Gasteiger partial charge >= 0.3 is 5.97 Å². The molecule has 2 aromatic rings. The number of H-pyrrole nitrogens is 1. The number of aromatic nitrogens is 1. The highest BCUT2D eigenvalue weighted by Gasteiger charge is 2.57. The fraction of sp³-hybridized carbons (Fsp3) is 0.286. The molecule has 5 heteroatoms. The molecule has 1 aromatic carbocycles. The molecule has 2 N–H and O–H groups in total. The van der Waals surface area contributed by atoms with Crippen molar-refractivity contribution in [1.29, 1.82) is 0 Å². The Morgan fingerprint density at radius 3 is 2.74 bits per heavy atom. The zero-order valence-corrected chi connectivity index (χ0v) is 10.5. The van der Waals surface area contributed by atoms with E-state index in [0.29, 0.717) is 18.5 Å². The monoisotopic (exact) mass is 258 g/mol. The fourth-order valence-corrected chi connectivity index (χ4v) is 2.26. The number of rotatable bonds is 3. The van der Waals surface area contributed by atoms with Crippen LogP contribution < -0.4 is 5.32 Å². The fourth-order valence-electron chi connectivity index (χ4n) is 2.26. The Balaban J connectivity index is 1.86. The lowest BCUT2D eigenvalue weighted by Gasteiger charge is -2.12. The normalized spacial score (nSPS) is 16.1. The molecule has 0 radical (unpaired) electrons. The minimum absolute atomic E-state index is 0.288. The van der Waals surface area contributed by atoms with Gasteiger partial charge < -0.3 is 15.0 Å². The van der Waals surface area contributed by atoms with E-state index in [4.69, 9.17) is 4.74 Å². The van der Waals surface area contributed by atoms with Crippen molar-refractivity contribution in [3.63, 3.8) is 0 Å². The van der Waals surface area contributed by atoms with Crippen LogP contribution in [-0.2, 0) is 14.3 Å². The number of esters is 1. The van der Waals surface area contributed by atoms with Crippen molar-refractivity contribution in [1.82, 2.24) is 4.98 Å². The summed E-state index contributed by atoms with van der Waals surface area (Å²) in [4.78, 5) is 26.9. The molecule has 1 aliphatic carbocycles. The molecular formula is C14H14N2O3. The number of hydrogen-bond donors (Lipinski definition) is 2. The first-order chi connectivity index (χ1) is 9.17. The standard InChI is InChI=1S/C14H14N2O3/c1-19-13(18)14(6-7-14)12(17)16-11-8-15-10-5-3-2-4-9(10)11/h2-5,8,15H,6-7H2,1H3,(H,16,17). The molecule has 1 heterocycles. The van der Waals surface area contributed by atoms with Gasteiger partial charge in [0.15, 0.2) is 0 Å². The predicted molar refractivity (Wildman–Crippen MR) is 70.6 cm³/mol. The number of para-hydroxylation sites is 1. The third-order valence-corrected chi connectivity index (χ3v) is 3.60. The summed E-state index contributed by atoms with van der Waals surface area (Å²) in [5, 5.41) is 3.74. The molecule has 0 unspecified atom stereocenters. The Bertz CT molecular complexity index is 656. The lowest BCUT2D eigenvalue weighted by Crippen LogP contribution is -2.32. The highest BCUT2D eigenvalue weighted by Crippen LogP contribution is 2.47. The maximum Gasteiger partial charge on any atom is 0.321 e. The summed E-state index contributed by atoms with van der Waals surface area (Å²) in [5.41, 5.74) is 0.657. The van der Waals surface area contributed by atoms with Gasteiger partial charge in [0, 0.05) is 17.1 Å². The first-order valence-corrected chi connectivity index (χ1v) is 6.13. The van der Waals surface area contributed by atoms with Gasteiger partial charge in [-0.3, -0.25) is 9.59 Å². The summed E-state index contributed by atoms with van der Waals surface area (Å²) < 4.78 is 4.70. The van der Waals surface area contributed by atoms with Crippen molar-refractivity contribution in [3.05, 3.63) is 30.5 Å². The molecule has 1 amide bonds. The van der Waals surface area contributed by atoms with Crippen LogP contribution in [0, 0.1) is 5.41 Å². The van der Waals surface area contributed by atoms with Crippen LogP contribution in [0.25, 0.3) is 10.9 Å².